The molecule has 2 aliphatic rings. The molecule has 2 aliphatic heterocycles. The minimum atomic E-state index is -0.301. The lowest BCUT2D eigenvalue weighted by Gasteiger charge is -2.37. The van der Waals surface area contributed by atoms with Gasteiger partial charge in [-0.15, -0.1) is 0 Å². The first-order valence-electron chi connectivity index (χ1n) is 7.46. The lowest BCUT2D eigenvalue weighted by atomic mass is 9.99. The molecule has 6 nitrogen and oxygen atoms in total. The van der Waals surface area contributed by atoms with Gasteiger partial charge in [-0.1, -0.05) is 0 Å². The Morgan fingerprint density at radius 2 is 2.05 bits per heavy atom. The molecule has 1 aromatic heterocycles. The van der Waals surface area contributed by atoms with E-state index in [1.807, 2.05) is 4.90 Å². The molecule has 3 heterocycles. The fourth-order valence-corrected chi connectivity index (χ4v) is 3.46. The highest BCUT2D eigenvalue weighted by Gasteiger charge is 2.42. The van der Waals surface area contributed by atoms with Crippen LogP contribution in [0.1, 0.15) is 42.7 Å². The molecule has 1 aromatic rings. The van der Waals surface area contributed by atoms with Crippen LogP contribution in [0.3, 0.4) is 0 Å². The van der Waals surface area contributed by atoms with E-state index in [4.69, 9.17) is 4.42 Å². The minimum Gasteiger partial charge on any atom is -0.459 e. The molecule has 0 radical (unpaired) electrons. The number of furan rings is 1. The first-order chi connectivity index (χ1) is 10.1. The van der Waals surface area contributed by atoms with Gasteiger partial charge in [0.05, 0.1) is 12.4 Å². The van der Waals surface area contributed by atoms with Crippen LogP contribution in [0.5, 0.6) is 0 Å². The summed E-state index contributed by atoms with van der Waals surface area (Å²) in [5.74, 6) is 0.0163. The summed E-state index contributed by atoms with van der Waals surface area (Å²) in [5.41, 5.74) is 0. The quantitative estimate of drug-likeness (QED) is 0.864. The lowest BCUT2D eigenvalue weighted by Crippen LogP contribution is -2.48. The van der Waals surface area contributed by atoms with Crippen molar-refractivity contribution in [3.05, 3.63) is 24.2 Å². The van der Waals surface area contributed by atoms with Gasteiger partial charge in [-0.3, -0.25) is 9.59 Å². The van der Waals surface area contributed by atoms with Crippen LogP contribution in [0.15, 0.2) is 22.8 Å². The van der Waals surface area contributed by atoms with Crippen molar-refractivity contribution < 1.29 is 19.1 Å². The van der Waals surface area contributed by atoms with E-state index in [9.17, 15) is 14.7 Å². The van der Waals surface area contributed by atoms with Gasteiger partial charge < -0.3 is 19.7 Å². The van der Waals surface area contributed by atoms with Gasteiger partial charge in [0.15, 0.2) is 5.76 Å². The Labute approximate surface area is 123 Å². The number of carbonyl (C=O) groups excluding carboxylic acids is 2. The summed E-state index contributed by atoms with van der Waals surface area (Å²) in [5, 5.41) is 12.4. The third kappa shape index (κ3) is 2.95. The predicted octanol–water partition coefficient (Wildman–Crippen LogP) is 0.914. The van der Waals surface area contributed by atoms with E-state index >= 15 is 0 Å². The Kier molecular flexibility index (Phi) is 3.96. The number of hydrogen-bond donors (Lipinski definition) is 2. The van der Waals surface area contributed by atoms with Gasteiger partial charge in [0, 0.05) is 25.0 Å². The zero-order chi connectivity index (χ0) is 14.8. The predicted molar refractivity (Wildman–Crippen MR) is 74.6 cm³/mol. The zero-order valence-corrected chi connectivity index (χ0v) is 11.8. The number of aliphatic hydroxyl groups is 1. The van der Waals surface area contributed by atoms with Crippen molar-refractivity contribution in [2.45, 2.75) is 50.3 Å². The zero-order valence-electron chi connectivity index (χ0n) is 11.8. The molecule has 0 spiro atoms. The van der Waals surface area contributed by atoms with Gasteiger partial charge in [-0.05, 0) is 37.8 Å². The van der Waals surface area contributed by atoms with Crippen LogP contribution in [0.25, 0.3) is 0 Å². The average Bonchev–Trinajstić information content (AvgIpc) is 3.06. The molecule has 0 saturated carbocycles. The summed E-state index contributed by atoms with van der Waals surface area (Å²) in [6, 6.07) is 3.58. The van der Waals surface area contributed by atoms with Crippen LogP contribution in [-0.4, -0.2) is 46.6 Å². The Balaban J connectivity index is 1.48. The molecule has 2 bridgehead atoms. The molecular weight excluding hydrogens is 272 g/mol. The monoisotopic (exact) mass is 292 g/mol. The first-order valence-corrected chi connectivity index (χ1v) is 7.46. The molecule has 0 aliphatic carbocycles. The van der Waals surface area contributed by atoms with E-state index < -0.39 is 0 Å². The maximum Gasteiger partial charge on any atom is 0.286 e. The van der Waals surface area contributed by atoms with Crippen molar-refractivity contribution in [1.29, 1.82) is 0 Å². The van der Waals surface area contributed by atoms with Gasteiger partial charge >= 0.3 is 0 Å². The molecular formula is C15H20N2O4. The molecule has 2 unspecified atom stereocenters. The van der Waals surface area contributed by atoms with Gasteiger partial charge in [-0.25, -0.2) is 0 Å². The van der Waals surface area contributed by atoms with Crippen molar-refractivity contribution >= 4 is 11.8 Å². The van der Waals surface area contributed by atoms with Crippen molar-refractivity contribution in [3.63, 3.8) is 0 Å². The molecule has 6 heteroatoms. The molecule has 0 aromatic carbocycles. The SMILES string of the molecule is O=C(NCCC(=O)N1C2CCC1CC(O)C2)c1ccco1. The van der Waals surface area contributed by atoms with Crippen LogP contribution in [-0.2, 0) is 4.79 Å². The number of rotatable bonds is 4. The molecule has 2 amide bonds. The van der Waals surface area contributed by atoms with Crippen LogP contribution in [0.2, 0.25) is 0 Å². The highest BCUT2D eigenvalue weighted by atomic mass is 16.3. The number of fused-ring (bicyclic) bond motifs is 2. The topological polar surface area (TPSA) is 82.8 Å². The van der Waals surface area contributed by atoms with Crippen molar-refractivity contribution in [2.75, 3.05) is 6.54 Å². The van der Waals surface area contributed by atoms with Crippen LogP contribution >= 0.6 is 0 Å². The fraction of sp³-hybridized carbons (Fsp3) is 0.600. The van der Waals surface area contributed by atoms with Crippen molar-refractivity contribution in [2.24, 2.45) is 0 Å². The number of amides is 2. The van der Waals surface area contributed by atoms with Crippen LogP contribution in [0.4, 0.5) is 0 Å². The average molecular weight is 292 g/mol. The summed E-state index contributed by atoms with van der Waals surface area (Å²) in [6.07, 6.45) is 4.78. The maximum absolute atomic E-state index is 12.3. The number of nitrogens with one attached hydrogen (secondary N) is 1. The Bertz CT molecular complexity index is 500. The van der Waals surface area contributed by atoms with E-state index in [1.165, 1.54) is 6.26 Å². The van der Waals surface area contributed by atoms with Crippen LogP contribution in [0, 0.1) is 0 Å². The molecule has 2 N–H and O–H groups in total. The van der Waals surface area contributed by atoms with Crippen LogP contribution < -0.4 is 5.32 Å². The summed E-state index contributed by atoms with van der Waals surface area (Å²) in [4.78, 5) is 25.9. The smallest absolute Gasteiger partial charge is 0.286 e. The molecule has 2 saturated heterocycles. The summed E-state index contributed by atoms with van der Waals surface area (Å²) >= 11 is 0. The Morgan fingerprint density at radius 3 is 2.67 bits per heavy atom. The number of piperidine rings is 1. The van der Waals surface area contributed by atoms with Gasteiger partial charge in [0.2, 0.25) is 5.91 Å². The second kappa shape index (κ2) is 5.89. The second-order valence-corrected chi connectivity index (χ2v) is 5.79. The minimum absolute atomic E-state index is 0.0640. The van der Waals surface area contributed by atoms with E-state index in [1.54, 1.807) is 12.1 Å². The number of nitrogens with zero attached hydrogens (tertiary/aromatic N) is 1. The molecule has 114 valence electrons. The van der Waals surface area contributed by atoms with Crippen molar-refractivity contribution in [1.82, 2.24) is 10.2 Å². The van der Waals surface area contributed by atoms with E-state index in [0.29, 0.717) is 19.4 Å². The summed E-state index contributed by atoms with van der Waals surface area (Å²) in [7, 11) is 0. The number of aliphatic hydroxyl groups excluding tert-OH is 1. The standard InChI is InChI=1S/C15H20N2O4/c18-12-8-10-3-4-11(9-12)17(10)14(19)5-6-16-15(20)13-2-1-7-21-13/h1-2,7,10-12,18H,3-6,8-9H2,(H,16,20). The number of hydrogen-bond acceptors (Lipinski definition) is 4. The van der Waals surface area contributed by atoms with Gasteiger partial charge in [-0.2, -0.15) is 0 Å². The third-order valence-corrected chi connectivity index (χ3v) is 4.37. The summed E-state index contributed by atoms with van der Waals surface area (Å²) in [6.45, 7) is 0.302. The van der Waals surface area contributed by atoms with Crippen molar-refractivity contribution in [3.8, 4) is 0 Å². The van der Waals surface area contributed by atoms with E-state index in [-0.39, 0.29) is 42.2 Å². The fourth-order valence-electron chi connectivity index (χ4n) is 3.46. The lowest BCUT2D eigenvalue weighted by molar-refractivity contribution is -0.137. The highest BCUT2D eigenvalue weighted by Crippen LogP contribution is 2.35. The second-order valence-electron chi connectivity index (χ2n) is 5.79. The largest absolute Gasteiger partial charge is 0.459 e. The van der Waals surface area contributed by atoms with E-state index in [2.05, 4.69) is 5.32 Å². The normalized spacial score (nSPS) is 27.7. The first kappa shape index (κ1) is 14.1. The highest BCUT2D eigenvalue weighted by molar-refractivity contribution is 5.91. The molecule has 21 heavy (non-hydrogen) atoms. The number of carbonyl (C=O) groups is 2. The van der Waals surface area contributed by atoms with Gasteiger partial charge in [0.25, 0.3) is 5.91 Å². The summed E-state index contributed by atoms with van der Waals surface area (Å²) < 4.78 is 4.99. The molecule has 3 rings (SSSR count). The molecule has 2 fully saturated rings. The third-order valence-electron chi connectivity index (χ3n) is 4.37. The Morgan fingerprint density at radius 1 is 1.33 bits per heavy atom. The van der Waals surface area contributed by atoms with E-state index in [0.717, 1.165) is 12.8 Å². The van der Waals surface area contributed by atoms with Gasteiger partial charge in [0.1, 0.15) is 0 Å². The molecule has 2 atom stereocenters. The Hall–Kier alpha value is -1.82. The maximum atomic E-state index is 12.3.